The third kappa shape index (κ3) is 5.26. The van der Waals surface area contributed by atoms with Crippen LogP contribution in [0.25, 0.3) is 94.9 Å². The van der Waals surface area contributed by atoms with Crippen molar-refractivity contribution in [2.75, 3.05) is 0 Å². The molecule has 0 aliphatic heterocycles. The highest BCUT2D eigenvalue weighted by molar-refractivity contribution is 6.13. The molecule has 0 saturated heterocycles. The van der Waals surface area contributed by atoms with Gasteiger partial charge in [0.1, 0.15) is 17.0 Å². The number of aromatic nitrogens is 5. The van der Waals surface area contributed by atoms with Gasteiger partial charge in [0.25, 0.3) is 0 Å². The number of rotatable bonds is 5. The number of fused-ring (bicyclic) bond motifs is 6. The van der Waals surface area contributed by atoms with Gasteiger partial charge in [-0.3, -0.25) is 4.57 Å². The van der Waals surface area contributed by atoms with E-state index in [0.717, 1.165) is 77.4 Å². The van der Waals surface area contributed by atoms with Crippen molar-refractivity contribution in [1.82, 2.24) is 24.5 Å². The van der Waals surface area contributed by atoms with Gasteiger partial charge in [0.05, 0.1) is 16.6 Å². The van der Waals surface area contributed by atoms with Crippen LogP contribution in [0.5, 0.6) is 0 Å². The van der Waals surface area contributed by atoms with Gasteiger partial charge in [-0.2, -0.15) is 0 Å². The third-order valence-electron chi connectivity index (χ3n) is 10.3. The number of hydrogen-bond donors (Lipinski definition) is 0. The Morgan fingerprint density at radius 1 is 0.481 bits per heavy atom. The fourth-order valence-electron chi connectivity index (χ4n) is 7.55. The van der Waals surface area contributed by atoms with E-state index < -0.39 is 0 Å². The first-order valence-corrected chi connectivity index (χ1v) is 18.2. The van der Waals surface area contributed by atoms with E-state index in [9.17, 15) is 0 Å². The fourth-order valence-corrected chi connectivity index (χ4v) is 7.55. The molecule has 0 aliphatic carbocycles. The lowest BCUT2D eigenvalue weighted by Gasteiger charge is -2.19. The average molecular weight is 698 g/mol. The molecule has 0 saturated carbocycles. The number of pyridine rings is 1. The summed E-state index contributed by atoms with van der Waals surface area (Å²) < 4.78 is 8.68. The lowest BCUT2D eigenvalue weighted by molar-refractivity contribution is 0.590. The zero-order chi connectivity index (χ0) is 36.4. The van der Waals surface area contributed by atoms with Crippen LogP contribution in [-0.4, -0.2) is 24.5 Å². The minimum Gasteiger partial charge on any atom is -0.455 e. The Balaban J connectivity index is 1.17. The van der Waals surface area contributed by atoms with Crippen molar-refractivity contribution in [2.45, 2.75) is 26.2 Å². The van der Waals surface area contributed by atoms with Crippen molar-refractivity contribution in [3.8, 4) is 51.1 Å². The fraction of sp³-hybridized carbons (Fsp3) is 0.0833. The molecule has 6 nitrogen and oxygen atoms in total. The zero-order valence-electron chi connectivity index (χ0n) is 30.2. The van der Waals surface area contributed by atoms with Crippen LogP contribution in [-0.2, 0) is 5.41 Å². The lowest BCUT2D eigenvalue weighted by atomic mass is 9.87. The van der Waals surface area contributed by atoms with Crippen LogP contribution in [0.4, 0.5) is 0 Å². The Hall–Kier alpha value is -6.92. The summed E-state index contributed by atoms with van der Waals surface area (Å²) in [6.45, 7) is 6.66. The van der Waals surface area contributed by atoms with Crippen molar-refractivity contribution >= 4 is 43.7 Å². The molecule has 0 bridgehead atoms. The Bertz CT molecular complexity index is 3020. The normalized spacial score (nSPS) is 12.0. The van der Waals surface area contributed by atoms with Crippen molar-refractivity contribution in [1.29, 1.82) is 0 Å². The maximum absolute atomic E-state index is 6.45. The van der Waals surface area contributed by atoms with E-state index >= 15 is 0 Å². The van der Waals surface area contributed by atoms with Crippen molar-refractivity contribution in [2.24, 2.45) is 0 Å². The molecule has 6 heteroatoms. The number of benzene rings is 6. The van der Waals surface area contributed by atoms with Crippen LogP contribution >= 0.6 is 0 Å². The Kier molecular flexibility index (Phi) is 7.27. The molecule has 6 aromatic carbocycles. The second-order valence-electron chi connectivity index (χ2n) is 14.7. The topological polar surface area (TPSA) is 69.6 Å². The molecule has 0 amide bonds. The van der Waals surface area contributed by atoms with E-state index in [1.54, 1.807) is 0 Å². The Labute approximate surface area is 312 Å². The predicted molar refractivity (Wildman–Crippen MR) is 220 cm³/mol. The minimum absolute atomic E-state index is 0.0342. The molecule has 0 radical (unpaired) electrons. The van der Waals surface area contributed by atoms with E-state index in [4.69, 9.17) is 24.4 Å². The monoisotopic (exact) mass is 697 g/mol. The molecular formula is C48H35N5O. The van der Waals surface area contributed by atoms with Crippen LogP contribution in [0.2, 0.25) is 0 Å². The van der Waals surface area contributed by atoms with Gasteiger partial charge in [-0.25, -0.2) is 19.9 Å². The number of nitrogens with zero attached hydrogens (tertiary/aromatic N) is 5. The molecule has 0 atom stereocenters. The molecule has 0 unspecified atom stereocenters. The molecule has 0 fully saturated rings. The first-order chi connectivity index (χ1) is 26.4. The largest absolute Gasteiger partial charge is 0.455 e. The lowest BCUT2D eigenvalue weighted by Crippen LogP contribution is -2.10. The van der Waals surface area contributed by atoms with Crippen molar-refractivity contribution < 1.29 is 4.42 Å². The first-order valence-electron chi connectivity index (χ1n) is 18.2. The number of para-hydroxylation sites is 3. The molecule has 4 aromatic heterocycles. The van der Waals surface area contributed by atoms with E-state index in [1.165, 1.54) is 5.56 Å². The highest BCUT2D eigenvalue weighted by atomic mass is 16.3. The molecule has 0 spiro atoms. The predicted octanol–water partition coefficient (Wildman–Crippen LogP) is 12.2. The summed E-state index contributed by atoms with van der Waals surface area (Å²) in [4.78, 5) is 20.3. The molecule has 0 aliphatic rings. The molecule has 258 valence electrons. The number of furan rings is 1. The smallest absolute Gasteiger partial charge is 0.167 e. The van der Waals surface area contributed by atoms with Crippen LogP contribution < -0.4 is 0 Å². The summed E-state index contributed by atoms with van der Waals surface area (Å²) in [7, 11) is 0. The molecule has 0 N–H and O–H groups in total. The molecule has 10 aromatic rings. The highest BCUT2D eigenvalue weighted by Gasteiger charge is 2.22. The second-order valence-corrected chi connectivity index (χ2v) is 14.7. The zero-order valence-corrected chi connectivity index (χ0v) is 30.2. The summed E-state index contributed by atoms with van der Waals surface area (Å²) in [5.41, 5.74) is 9.94. The highest BCUT2D eigenvalue weighted by Crippen LogP contribution is 2.40. The summed E-state index contributed by atoms with van der Waals surface area (Å²) in [6, 6.07) is 52.4. The standard InChI is InChI=1S/C48H35N5O/c1-48(2,3)33-25-22-31(23-26-33)45-50-44(30-13-5-4-6-14-30)51-46(52-45)38-19-12-28-49-47(38)53-40-20-9-7-15-35(40)39-29-32(24-27-41(39)53)34-17-11-18-37-36-16-8-10-21-42(36)54-43(34)37/h4-29H,1-3H3. The van der Waals surface area contributed by atoms with Crippen LogP contribution in [0.15, 0.2) is 162 Å². The van der Waals surface area contributed by atoms with E-state index in [1.807, 2.05) is 54.7 Å². The summed E-state index contributed by atoms with van der Waals surface area (Å²) in [6.07, 6.45) is 1.83. The van der Waals surface area contributed by atoms with Gasteiger partial charge in [-0.15, -0.1) is 0 Å². The van der Waals surface area contributed by atoms with Gasteiger partial charge in [0, 0.05) is 44.4 Å². The van der Waals surface area contributed by atoms with E-state index in [-0.39, 0.29) is 5.41 Å². The van der Waals surface area contributed by atoms with Gasteiger partial charge in [0.15, 0.2) is 17.5 Å². The minimum atomic E-state index is 0.0342. The van der Waals surface area contributed by atoms with Gasteiger partial charge in [0.2, 0.25) is 0 Å². The molecule has 10 rings (SSSR count). The van der Waals surface area contributed by atoms with Gasteiger partial charge in [-0.1, -0.05) is 136 Å². The van der Waals surface area contributed by atoms with Crippen molar-refractivity contribution in [3.63, 3.8) is 0 Å². The maximum Gasteiger partial charge on any atom is 0.167 e. The van der Waals surface area contributed by atoms with Crippen LogP contribution in [0, 0.1) is 0 Å². The van der Waals surface area contributed by atoms with Crippen LogP contribution in [0.3, 0.4) is 0 Å². The van der Waals surface area contributed by atoms with E-state index in [0.29, 0.717) is 17.5 Å². The van der Waals surface area contributed by atoms with E-state index in [2.05, 4.69) is 128 Å². The second kappa shape index (κ2) is 12.3. The SMILES string of the molecule is CC(C)(C)c1ccc(-c2nc(-c3ccccc3)nc(-c3cccnc3-n3c4ccccc4c4cc(-c5cccc6c5oc5ccccc56)ccc43)n2)cc1. The average Bonchev–Trinajstić information content (AvgIpc) is 3.76. The quantitative estimate of drug-likeness (QED) is 0.179. The first kappa shape index (κ1) is 31.8. The molecule has 54 heavy (non-hydrogen) atoms. The maximum atomic E-state index is 6.45. The van der Waals surface area contributed by atoms with Crippen molar-refractivity contribution in [3.05, 3.63) is 163 Å². The van der Waals surface area contributed by atoms with Gasteiger partial charge >= 0.3 is 0 Å². The summed E-state index contributed by atoms with van der Waals surface area (Å²) in [5, 5.41) is 4.48. The summed E-state index contributed by atoms with van der Waals surface area (Å²) >= 11 is 0. The van der Waals surface area contributed by atoms with Crippen LogP contribution in [0.1, 0.15) is 26.3 Å². The molecular weight excluding hydrogens is 663 g/mol. The third-order valence-corrected chi connectivity index (χ3v) is 10.3. The Morgan fingerprint density at radius 2 is 1.11 bits per heavy atom. The van der Waals surface area contributed by atoms with Gasteiger partial charge < -0.3 is 4.42 Å². The number of hydrogen-bond acceptors (Lipinski definition) is 5. The summed E-state index contributed by atoms with van der Waals surface area (Å²) in [5.74, 6) is 2.52. The van der Waals surface area contributed by atoms with Gasteiger partial charge in [-0.05, 0) is 52.9 Å². The molecule has 4 heterocycles. The Morgan fingerprint density at radius 3 is 1.91 bits per heavy atom.